The Hall–Kier alpha value is -3.03. The quantitative estimate of drug-likeness (QED) is 0.525. The summed E-state index contributed by atoms with van der Waals surface area (Å²) in [6.45, 7) is 0. The Kier molecular flexibility index (Phi) is 3.85. The number of nitrogens with one attached hydrogen (secondary N) is 1. The fourth-order valence-corrected chi connectivity index (χ4v) is 1.36. The molecule has 20 heavy (non-hydrogen) atoms. The molecule has 0 bridgehead atoms. The molecule has 1 amide bonds. The van der Waals surface area contributed by atoms with Gasteiger partial charge in [-0.3, -0.25) is 14.9 Å². The van der Waals surface area contributed by atoms with Crippen LogP contribution in [0.1, 0.15) is 16.1 Å². The zero-order valence-corrected chi connectivity index (χ0v) is 9.95. The maximum absolute atomic E-state index is 12.9. The molecule has 0 saturated carbocycles. The number of hydrogen-bond donors (Lipinski definition) is 1. The van der Waals surface area contributed by atoms with Gasteiger partial charge in [-0.1, -0.05) is 6.07 Å². The van der Waals surface area contributed by atoms with E-state index in [-0.39, 0.29) is 11.3 Å². The summed E-state index contributed by atoms with van der Waals surface area (Å²) in [7, 11) is 0. The van der Waals surface area contributed by atoms with Crippen LogP contribution in [0, 0.1) is 15.9 Å². The van der Waals surface area contributed by atoms with Gasteiger partial charge in [0.05, 0.1) is 12.3 Å². The third-order valence-corrected chi connectivity index (χ3v) is 2.24. The number of carbonyl (C=O) groups excluding carboxylic acids is 1. The lowest BCUT2D eigenvalue weighted by Gasteiger charge is -1.98. The standard InChI is InChI=1S/C12H8FN3O4/c13-9-3-1-2-8(6-9)12(17)15-14-7-10-4-5-11(20-10)16(18)19/h1-7H,(H,15,17)/b14-7-. The monoisotopic (exact) mass is 277 g/mol. The van der Waals surface area contributed by atoms with Crippen molar-refractivity contribution in [1.29, 1.82) is 0 Å². The van der Waals surface area contributed by atoms with Crippen molar-refractivity contribution >= 4 is 18.0 Å². The van der Waals surface area contributed by atoms with Crippen LogP contribution in [0.15, 0.2) is 45.9 Å². The molecule has 8 heteroatoms. The summed E-state index contributed by atoms with van der Waals surface area (Å²) in [5.41, 5.74) is 2.25. The molecule has 0 radical (unpaired) electrons. The van der Waals surface area contributed by atoms with Gasteiger partial charge < -0.3 is 4.42 Å². The summed E-state index contributed by atoms with van der Waals surface area (Å²) in [6, 6.07) is 7.58. The molecule has 2 rings (SSSR count). The first kappa shape index (κ1) is 13.4. The Balaban J connectivity index is 1.99. The highest BCUT2D eigenvalue weighted by atomic mass is 19.1. The lowest BCUT2D eigenvalue weighted by Crippen LogP contribution is -2.17. The van der Waals surface area contributed by atoms with Gasteiger partial charge in [-0.2, -0.15) is 5.10 Å². The molecule has 0 aliphatic rings. The number of furan rings is 1. The van der Waals surface area contributed by atoms with Crippen LogP contribution < -0.4 is 5.43 Å². The maximum Gasteiger partial charge on any atom is 0.433 e. The molecule has 0 aliphatic carbocycles. The minimum absolute atomic E-state index is 0.104. The zero-order valence-electron chi connectivity index (χ0n) is 9.95. The van der Waals surface area contributed by atoms with Crippen molar-refractivity contribution in [2.75, 3.05) is 0 Å². The van der Waals surface area contributed by atoms with Crippen molar-refractivity contribution in [2.45, 2.75) is 0 Å². The van der Waals surface area contributed by atoms with E-state index in [2.05, 4.69) is 10.5 Å². The van der Waals surface area contributed by atoms with Crippen LogP contribution in [0.5, 0.6) is 0 Å². The number of amides is 1. The molecule has 1 aromatic carbocycles. The van der Waals surface area contributed by atoms with E-state index < -0.39 is 22.5 Å². The van der Waals surface area contributed by atoms with Gasteiger partial charge in [0.2, 0.25) is 0 Å². The topological polar surface area (TPSA) is 97.7 Å². The van der Waals surface area contributed by atoms with Gasteiger partial charge in [-0.25, -0.2) is 9.82 Å². The second kappa shape index (κ2) is 5.74. The SMILES string of the molecule is O=C(N/N=C\c1ccc([N+](=O)[O-])o1)c1cccc(F)c1. The second-order valence-electron chi connectivity index (χ2n) is 3.64. The van der Waals surface area contributed by atoms with Crippen LogP contribution in [-0.2, 0) is 0 Å². The number of nitro groups is 1. The Bertz CT molecular complexity index is 681. The van der Waals surface area contributed by atoms with Gasteiger partial charge in [-0.15, -0.1) is 0 Å². The molecular formula is C12H8FN3O4. The van der Waals surface area contributed by atoms with E-state index in [1.165, 1.54) is 24.3 Å². The molecular weight excluding hydrogens is 269 g/mol. The van der Waals surface area contributed by atoms with Gasteiger partial charge in [0.25, 0.3) is 5.91 Å². The lowest BCUT2D eigenvalue weighted by atomic mass is 10.2. The fraction of sp³-hybridized carbons (Fsp3) is 0. The molecule has 0 atom stereocenters. The number of halogens is 1. The summed E-state index contributed by atoms with van der Waals surface area (Å²) in [4.78, 5) is 21.3. The van der Waals surface area contributed by atoms with E-state index >= 15 is 0 Å². The lowest BCUT2D eigenvalue weighted by molar-refractivity contribution is -0.402. The highest BCUT2D eigenvalue weighted by Gasteiger charge is 2.10. The van der Waals surface area contributed by atoms with E-state index in [0.717, 1.165) is 18.3 Å². The first-order valence-corrected chi connectivity index (χ1v) is 5.39. The predicted octanol–water partition coefficient (Wildman–Crippen LogP) is 2.09. The summed E-state index contributed by atoms with van der Waals surface area (Å²) in [6.07, 6.45) is 1.10. The third-order valence-electron chi connectivity index (χ3n) is 2.24. The molecule has 1 heterocycles. The summed E-state index contributed by atoms with van der Waals surface area (Å²) in [5, 5.41) is 13.9. The molecule has 7 nitrogen and oxygen atoms in total. The van der Waals surface area contributed by atoms with Gasteiger partial charge in [0.15, 0.2) is 5.76 Å². The Morgan fingerprint density at radius 3 is 2.85 bits per heavy atom. The van der Waals surface area contributed by atoms with Crippen molar-refractivity contribution in [3.05, 3.63) is 63.7 Å². The van der Waals surface area contributed by atoms with Crippen LogP contribution in [0.3, 0.4) is 0 Å². The average Bonchev–Trinajstić information content (AvgIpc) is 2.87. The Morgan fingerprint density at radius 2 is 2.20 bits per heavy atom. The molecule has 0 saturated heterocycles. The number of hydrazone groups is 1. The zero-order chi connectivity index (χ0) is 14.5. The highest BCUT2D eigenvalue weighted by Crippen LogP contribution is 2.13. The second-order valence-corrected chi connectivity index (χ2v) is 3.64. The molecule has 0 unspecified atom stereocenters. The predicted molar refractivity (Wildman–Crippen MR) is 66.8 cm³/mol. The van der Waals surface area contributed by atoms with Crippen LogP contribution in [-0.4, -0.2) is 17.0 Å². The largest absolute Gasteiger partial charge is 0.433 e. The van der Waals surface area contributed by atoms with E-state index in [0.29, 0.717) is 0 Å². The molecule has 0 fully saturated rings. The van der Waals surface area contributed by atoms with E-state index in [1.807, 2.05) is 0 Å². The van der Waals surface area contributed by atoms with Crippen molar-refractivity contribution < 1.29 is 18.5 Å². The van der Waals surface area contributed by atoms with Crippen molar-refractivity contribution in [3.63, 3.8) is 0 Å². The highest BCUT2D eigenvalue weighted by molar-refractivity contribution is 5.94. The Labute approximate surface area is 111 Å². The minimum Gasteiger partial charge on any atom is -0.400 e. The van der Waals surface area contributed by atoms with E-state index in [9.17, 15) is 19.3 Å². The van der Waals surface area contributed by atoms with Crippen molar-refractivity contribution in [1.82, 2.24) is 5.43 Å². The summed E-state index contributed by atoms with van der Waals surface area (Å²) in [5.74, 6) is -1.47. The summed E-state index contributed by atoms with van der Waals surface area (Å²) < 4.78 is 17.7. The smallest absolute Gasteiger partial charge is 0.400 e. The molecule has 1 aromatic heterocycles. The molecule has 1 N–H and O–H groups in total. The molecule has 0 spiro atoms. The normalized spacial score (nSPS) is 10.7. The van der Waals surface area contributed by atoms with E-state index in [1.54, 1.807) is 0 Å². The van der Waals surface area contributed by atoms with Crippen molar-refractivity contribution in [2.24, 2.45) is 5.10 Å². The van der Waals surface area contributed by atoms with Gasteiger partial charge in [-0.05, 0) is 24.3 Å². The minimum atomic E-state index is -0.692. The average molecular weight is 277 g/mol. The number of hydrogen-bond acceptors (Lipinski definition) is 5. The number of rotatable bonds is 4. The van der Waals surface area contributed by atoms with Gasteiger partial charge in [0, 0.05) is 5.56 Å². The van der Waals surface area contributed by atoms with Crippen molar-refractivity contribution in [3.8, 4) is 0 Å². The van der Waals surface area contributed by atoms with Crippen LogP contribution >= 0.6 is 0 Å². The number of benzene rings is 1. The molecule has 0 aliphatic heterocycles. The van der Waals surface area contributed by atoms with E-state index in [4.69, 9.17) is 4.42 Å². The summed E-state index contributed by atoms with van der Waals surface area (Å²) >= 11 is 0. The molecule has 102 valence electrons. The number of carbonyl (C=O) groups is 1. The number of nitrogens with zero attached hydrogens (tertiary/aromatic N) is 2. The first-order chi connectivity index (χ1) is 9.56. The van der Waals surface area contributed by atoms with Crippen LogP contribution in [0.25, 0.3) is 0 Å². The van der Waals surface area contributed by atoms with Gasteiger partial charge >= 0.3 is 5.88 Å². The van der Waals surface area contributed by atoms with Crippen LogP contribution in [0.4, 0.5) is 10.3 Å². The first-order valence-electron chi connectivity index (χ1n) is 5.39. The fourth-order valence-electron chi connectivity index (χ4n) is 1.36. The van der Waals surface area contributed by atoms with Crippen LogP contribution in [0.2, 0.25) is 0 Å². The maximum atomic E-state index is 12.9. The molecule has 2 aromatic rings. The Morgan fingerprint density at radius 1 is 1.40 bits per heavy atom. The van der Waals surface area contributed by atoms with Gasteiger partial charge in [0.1, 0.15) is 10.7 Å². The third kappa shape index (κ3) is 3.25.